The van der Waals surface area contributed by atoms with E-state index in [9.17, 15) is 0 Å². The predicted octanol–water partition coefficient (Wildman–Crippen LogP) is 1.08. The van der Waals surface area contributed by atoms with E-state index < -0.39 is 0 Å². The lowest BCUT2D eigenvalue weighted by Gasteiger charge is -2.28. The first-order chi connectivity index (χ1) is 5.36. The van der Waals surface area contributed by atoms with Crippen molar-refractivity contribution in [2.45, 2.75) is 38.8 Å². The van der Waals surface area contributed by atoms with Crippen LogP contribution >= 0.6 is 0 Å². The van der Waals surface area contributed by atoms with E-state index in [4.69, 9.17) is 0 Å². The van der Waals surface area contributed by atoms with Crippen LogP contribution in [-0.2, 0) is 0 Å². The number of nitrogens with one attached hydrogen (secondary N) is 1. The van der Waals surface area contributed by atoms with Gasteiger partial charge in [0.2, 0.25) is 0 Å². The summed E-state index contributed by atoms with van der Waals surface area (Å²) in [5.74, 6) is 0. The summed E-state index contributed by atoms with van der Waals surface area (Å²) in [5, 5.41) is 3.51. The van der Waals surface area contributed by atoms with E-state index in [0.29, 0.717) is 0 Å². The van der Waals surface area contributed by atoms with Gasteiger partial charge in [0.25, 0.3) is 0 Å². The van der Waals surface area contributed by atoms with Gasteiger partial charge in [0.1, 0.15) is 0 Å². The lowest BCUT2D eigenvalue weighted by molar-refractivity contribution is 0.218. The minimum absolute atomic E-state index is 0.851. The molecule has 0 aromatic rings. The second-order valence-corrected chi connectivity index (χ2v) is 3.26. The molecule has 2 rings (SSSR count). The van der Waals surface area contributed by atoms with Crippen LogP contribution in [0.4, 0.5) is 0 Å². The zero-order valence-corrected chi connectivity index (χ0v) is 7.93. The molecule has 2 nitrogen and oxygen atoms in total. The molecular weight excluding hydrogens is 136 g/mol. The number of likely N-dealkylation sites (N-methyl/N-ethyl adjacent to an activating group) is 1. The number of piperidine rings is 1. The molecule has 0 amide bonds. The van der Waals surface area contributed by atoms with Crippen LogP contribution in [0.2, 0.25) is 0 Å². The second kappa shape index (κ2) is 4.07. The van der Waals surface area contributed by atoms with Crippen LogP contribution in [0, 0.1) is 0 Å². The third-order valence-electron chi connectivity index (χ3n) is 2.65. The largest absolute Gasteiger partial charge is 0.312 e. The maximum absolute atomic E-state index is 3.51. The highest BCUT2D eigenvalue weighted by molar-refractivity contribution is 4.91. The van der Waals surface area contributed by atoms with Gasteiger partial charge in [-0.3, -0.25) is 0 Å². The predicted molar refractivity (Wildman–Crippen MR) is 48.8 cm³/mol. The van der Waals surface area contributed by atoms with E-state index in [1.54, 1.807) is 0 Å². The monoisotopic (exact) mass is 156 g/mol. The summed E-state index contributed by atoms with van der Waals surface area (Å²) in [6.45, 7) is 6.52. The Bertz CT molecular complexity index is 114. The fraction of sp³-hybridized carbons (Fsp3) is 1.00. The summed E-state index contributed by atoms with van der Waals surface area (Å²) in [7, 11) is 2.23. The van der Waals surface area contributed by atoms with Gasteiger partial charge in [-0.2, -0.15) is 0 Å². The third kappa shape index (κ3) is 1.94. The molecule has 0 saturated carbocycles. The molecule has 2 saturated heterocycles. The van der Waals surface area contributed by atoms with Gasteiger partial charge in [-0.05, 0) is 26.4 Å². The van der Waals surface area contributed by atoms with Crippen molar-refractivity contribution >= 4 is 0 Å². The summed E-state index contributed by atoms with van der Waals surface area (Å²) in [4.78, 5) is 2.47. The van der Waals surface area contributed by atoms with E-state index in [-0.39, 0.29) is 0 Å². The Kier molecular flexibility index (Phi) is 3.34. The van der Waals surface area contributed by atoms with E-state index in [1.165, 1.54) is 25.9 Å². The summed E-state index contributed by atoms with van der Waals surface area (Å²) >= 11 is 0. The number of hydrogen-bond acceptors (Lipinski definition) is 2. The Labute approximate surface area is 70.0 Å². The zero-order valence-electron chi connectivity index (χ0n) is 7.93. The first-order valence-corrected chi connectivity index (χ1v) is 4.80. The first-order valence-electron chi connectivity index (χ1n) is 4.80. The molecule has 0 radical (unpaired) electrons. The first kappa shape index (κ1) is 9.01. The number of likely N-dealkylation sites (tertiary alicyclic amines) is 1. The van der Waals surface area contributed by atoms with Gasteiger partial charge in [0.05, 0.1) is 0 Å². The Morgan fingerprint density at radius 3 is 2.73 bits per heavy atom. The lowest BCUT2D eigenvalue weighted by atomic mass is 10.0. The average molecular weight is 156 g/mol. The fourth-order valence-electron chi connectivity index (χ4n) is 1.90. The Morgan fingerprint density at radius 1 is 1.36 bits per heavy atom. The van der Waals surface area contributed by atoms with E-state index in [0.717, 1.165) is 12.1 Å². The molecule has 2 heteroatoms. The van der Waals surface area contributed by atoms with Crippen molar-refractivity contribution in [1.29, 1.82) is 0 Å². The van der Waals surface area contributed by atoms with Gasteiger partial charge in [-0.1, -0.05) is 13.8 Å². The quantitative estimate of drug-likeness (QED) is 0.564. The fourth-order valence-corrected chi connectivity index (χ4v) is 1.90. The molecule has 2 unspecified atom stereocenters. The highest BCUT2D eigenvalue weighted by atomic mass is 15.2. The molecule has 0 aromatic carbocycles. The van der Waals surface area contributed by atoms with Gasteiger partial charge in [0.15, 0.2) is 0 Å². The molecule has 2 aliphatic heterocycles. The summed E-state index contributed by atoms with van der Waals surface area (Å²) in [6, 6.07) is 1.70. The molecule has 2 aliphatic rings. The van der Waals surface area contributed by atoms with Crippen molar-refractivity contribution in [3.05, 3.63) is 0 Å². The van der Waals surface area contributed by atoms with Gasteiger partial charge in [-0.15, -0.1) is 0 Å². The molecule has 2 atom stereocenters. The third-order valence-corrected chi connectivity index (χ3v) is 2.65. The van der Waals surface area contributed by atoms with Gasteiger partial charge in [0, 0.05) is 18.6 Å². The minimum Gasteiger partial charge on any atom is -0.312 e. The van der Waals surface area contributed by atoms with Crippen molar-refractivity contribution in [2.24, 2.45) is 0 Å². The molecule has 66 valence electrons. The number of nitrogens with zero attached hydrogens (tertiary/aromatic N) is 1. The minimum atomic E-state index is 0.851. The van der Waals surface area contributed by atoms with Crippen LogP contribution in [0.5, 0.6) is 0 Å². The highest BCUT2D eigenvalue weighted by Crippen LogP contribution is 2.20. The molecule has 0 aliphatic carbocycles. The summed E-state index contributed by atoms with van der Waals surface area (Å²) < 4.78 is 0. The molecule has 1 N–H and O–H groups in total. The maximum Gasteiger partial charge on any atom is 0.0232 e. The van der Waals surface area contributed by atoms with Gasteiger partial charge in [-0.25, -0.2) is 0 Å². The highest BCUT2D eigenvalue weighted by Gasteiger charge is 2.31. The molecule has 0 spiro atoms. The molecule has 2 heterocycles. The molecular formula is C9H20N2. The Balaban J connectivity index is 0.000000281. The maximum atomic E-state index is 3.51. The van der Waals surface area contributed by atoms with Crippen LogP contribution in [0.15, 0.2) is 0 Å². The molecule has 0 aromatic heterocycles. The average Bonchev–Trinajstić information content (AvgIpc) is 2.46. The zero-order chi connectivity index (χ0) is 8.27. The smallest absolute Gasteiger partial charge is 0.0232 e. The number of fused-ring (bicyclic) bond motifs is 2. The topological polar surface area (TPSA) is 15.3 Å². The van der Waals surface area contributed by atoms with Crippen LogP contribution in [-0.4, -0.2) is 37.1 Å². The van der Waals surface area contributed by atoms with E-state index in [1.807, 2.05) is 13.8 Å². The number of rotatable bonds is 0. The van der Waals surface area contributed by atoms with Crippen LogP contribution in [0.3, 0.4) is 0 Å². The Morgan fingerprint density at radius 2 is 2.09 bits per heavy atom. The lowest BCUT2D eigenvalue weighted by Crippen LogP contribution is -2.37. The van der Waals surface area contributed by atoms with Crippen molar-refractivity contribution in [3.8, 4) is 0 Å². The van der Waals surface area contributed by atoms with E-state index >= 15 is 0 Å². The summed E-state index contributed by atoms with van der Waals surface area (Å²) in [5.41, 5.74) is 0. The van der Waals surface area contributed by atoms with Gasteiger partial charge < -0.3 is 10.2 Å². The van der Waals surface area contributed by atoms with Crippen molar-refractivity contribution in [1.82, 2.24) is 10.2 Å². The van der Waals surface area contributed by atoms with Crippen LogP contribution < -0.4 is 5.32 Å². The van der Waals surface area contributed by atoms with Gasteiger partial charge >= 0.3 is 0 Å². The molecule has 2 fully saturated rings. The second-order valence-electron chi connectivity index (χ2n) is 3.26. The van der Waals surface area contributed by atoms with Crippen molar-refractivity contribution < 1.29 is 0 Å². The van der Waals surface area contributed by atoms with Crippen LogP contribution in [0.25, 0.3) is 0 Å². The molecule has 2 bridgehead atoms. The SMILES string of the molecule is CC.CN1CCC2CC1CN2. The number of hydrogen-bond donors (Lipinski definition) is 1. The van der Waals surface area contributed by atoms with Crippen molar-refractivity contribution in [3.63, 3.8) is 0 Å². The summed E-state index contributed by atoms with van der Waals surface area (Å²) in [6.07, 6.45) is 2.74. The normalized spacial score (nSPS) is 36.3. The molecule has 11 heavy (non-hydrogen) atoms. The van der Waals surface area contributed by atoms with Crippen LogP contribution in [0.1, 0.15) is 26.7 Å². The standard InChI is InChI=1S/C7H14N2.C2H6/c1-9-3-2-6-4-7(9)5-8-6;1-2/h6-8H,2-5H2,1H3;1-2H3. The van der Waals surface area contributed by atoms with E-state index in [2.05, 4.69) is 17.3 Å². The Hall–Kier alpha value is -0.0800. The van der Waals surface area contributed by atoms with Crippen molar-refractivity contribution in [2.75, 3.05) is 20.1 Å².